The number of hydrogen-bond donors (Lipinski definition) is 2. The Morgan fingerprint density at radius 3 is 2.48 bits per heavy atom. The van der Waals surface area contributed by atoms with Gasteiger partial charge in [0.2, 0.25) is 0 Å². The van der Waals surface area contributed by atoms with Gasteiger partial charge in [0.25, 0.3) is 0 Å². The summed E-state index contributed by atoms with van der Waals surface area (Å²) in [6, 6.07) is 1.75. The van der Waals surface area contributed by atoms with Gasteiger partial charge in [0.05, 0.1) is 6.61 Å². The van der Waals surface area contributed by atoms with Crippen molar-refractivity contribution in [3.8, 4) is 0 Å². The third kappa shape index (κ3) is 4.31. The van der Waals surface area contributed by atoms with Gasteiger partial charge in [0, 0.05) is 13.3 Å². The zero-order valence-corrected chi connectivity index (χ0v) is 12.7. The molecule has 0 aliphatic heterocycles. The monoisotopic (exact) mass is 335 g/mol. The lowest BCUT2D eigenvalue weighted by molar-refractivity contribution is -0.276. The normalized spacial score (nSPS) is 13.8. The number of ether oxygens (including phenoxy) is 2. The number of rotatable bonds is 5. The number of aryl methyl sites for hydroxylation is 1. The van der Waals surface area contributed by atoms with Crippen LogP contribution in [0.3, 0.4) is 0 Å². The van der Waals surface area contributed by atoms with E-state index in [2.05, 4.69) is 19.8 Å². The molecule has 10 heteroatoms. The predicted octanol–water partition coefficient (Wildman–Crippen LogP) is 1.98. The quantitative estimate of drug-likeness (QED) is 0.634. The molecule has 1 aromatic heterocycles. The second-order valence-corrected chi connectivity index (χ2v) is 4.40. The Morgan fingerprint density at radius 2 is 2.00 bits per heavy atom. The third-order valence-electron chi connectivity index (χ3n) is 2.71. The first-order valence-corrected chi connectivity index (χ1v) is 6.47. The lowest BCUT2D eigenvalue weighted by Gasteiger charge is -2.32. The van der Waals surface area contributed by atoms with E-state index in [1.807, 2.05) is 0 Å². The molecule has 2 amide bonds. The molecule has 0 aliphatic carbocycles. The van der Waals surface area contributed by atoms with Gasteiger partial charge in [-0.05, 0) is 31.5 Å². The molecule has 0 bridgehead atoms. The van der Waals surface area contributed by atoms with Crippen molar-refractivity contribution >= 4 is 17.8 Å². The maximum Gasteiger partial charge on any atom is 0.448 e. The van der Waals surface area contributed by atoms with Crippen LogP contribution in [0.25, 0.3) is 0 Å². The molecule has 1 atom stereocenters. The first kappa shape index (κ1) is 18.7. The number of esters is 1. The molecule has 7 nitrogen and oxygen atoms in total. The number of nitrogens with one attached hydrogen (secondary N) is 2. The van der Waals surface area contributed by atoms with Gasteiger partial charge in [0.15, 0.2) is 0 Å². The minimum absolute atomic E-state index is 0.0125. The highest BCUT2D eigenvalue weighted by Gasteiger charge is 2.64. The Morgan fingerprint density at radius 1 is 1.35 bits per heavy atom. The number of hydrogen-bond acceptors (Lipinski definition) is 5. The van der Waals surface area contributed by atoms with Crippen molar-refractivity contribution in [2.75, 3.05) is 19.0 Å². The Balaban J connectivity index is 3.00. The number of pyridine rings is 1. The minimum atomic E-state index is -5.23. The molecule has 0 radical (unpaired) electrons. The molecule has 2 N–H and O–H groups in total. The Kier molecular flexibility index (Phi) is 5.91. The topological polar surface area (TPSA) is 89.5 Å². The standard InChI is InChI=1S/C13H16F3N3O4/c1-4-23-10(20)12(22-3,13(14,15)16)19-11(21)18-9-7-8(2)5-6-17-9/h5-7H,4H2,1-3H3,(H2,17,18,19,21)/t12-/m0/s1. The molecule has 0 aliphatic rings. The van der Waals surface area contributed by atoms with Gasteiger partial charge in [-0.2, -0.15) is 13.2 Å². The maximum absolute atomic E-state index is 13.2. The van der Waals surface area contributed by atoms with E-state index in [4.69, 9.17) is 0 Å². The molecule has 0 aromatic carbocycles. The van der Waals surface area contributed by atoms with Crippen LogP contribution in [0.1, 0.15) is 12.5 Å². The van der Waals surface area contributed by atoms with Crippen LogP contribution in [-0.4, -0.2) is 42.6 Å². The first-order valence-electron chi connectivity index (χ1n) is 6.47. The van der Waals surface area contributed by atoms with Gasteiger partial charge in [0.1, 0.15) is 5.82 Å². The number of amides is 2. The average molecular weight is 335 g/mol. The van der Waals surface area contributed by atoms with E-state index in [-0.39, 0.29) is 12.4 Å². The van der Waals surface area contributed by atoms with Crippen LogP contribution >= 0.6 is 0 Å². The third-order valence-corrected chi connectivity index (χ3v) is 2.71. The Hall–Kier alpha value is -2.36. The van der Waals surface area contributed by atoms with E-state index in [9.17, 15) is 22.8 Å². The lowest BCUT2D eigenvalue weighted by atomic mass is 10.2. The molecule has 1 aromatic rings. The average Bonchev–Trinajstić information content (AvgIpc) is 2.43. The number of halogens is 3. The van der Waals surface area contributed by atoms with Crippen LogP contribution in [0.5, 0.6) is 0 Å². The number of carbonyl (C=O) groups excluding carboxylic acids is 2. The van der Waals surface area contributed by atoms with Crippen molar-refractivity contribution in [1.82, 2.24) is 10.3 Å². The fourth-order valence-corrected chi connectivity index (χ4v) is 1.63. The summed E-state index contributed by atoms with van der Waals surface area (Å²) < 4.78 is 48.3. The Bertz CT molecular complexity index is 580. The van der Waals surface area contributed by atoms with Crippen LogP contribution in [0.4, 0.5) is 23.8 Å². The second kappa shape index (κ2) is 7.27. The molecule has 0 unspecified atom stereocenters. The summed E-state index contributed by atoms with van der Waals surface area (Å²) in [7, 11) is 0.635. The van der Waals surface area contributed by atoms with Crippen molar-refractivity contribution in [3.05, 3.63) is 23.9 Å². The number of carbonyl (C=O) groups is 2. The molecule has 1 rings (SSSR count). The predicted molar refractivity (Wildman–Crippen MR) is 73.6 cm³/mol. The van der Waals surface area contributed by atoms with Gasteiger partial charge >= 0.3 is 23.9 Å². The summed E-state index contributed by atoms with van der Waals surface area (Å²) in [6.45, 7) is 2.72. The lowest BCUT2D eigenvalue weighted by Crippen LogP contribution is -2.66. The summed E-state index contributed by atoms with van der Waals surface area (Å²) in [4.78, 5) is 27.2. The van der Waals surface area contributed by atoms with Gasteiger partial charge in [-0.15, -0.1) is 0 Å². The molecule has 23 heavy (non-hydrogen) atoms. The van der Waals surface area contributed by atoms with E-state index in [1.165, 1.54) is 24.5 Å². The van der Waals surface area contributed by atoms with Gasteiger partial charge in [-0.25, -0.2) is 14.6 Å². The van der Waals surface area contributed by atoms with Crippen LogP contribution < -0.4 is 10.6 Å². The van der Waals surface area contributed by atoms with Gasteiger partial charge in [-0.3, -0.25) is 10.6 Å². The molecule has 0 spiro atoms. The minimum Gasteiger partial charge on any atom is -0.462 e. The van der Waals surface area contributed by atoms with E-state index >= 15 is 0 Å². The van der Waals surface area contributed by atoms with Gasteiger partial charge < -0.3 is 9.47 Å². The smallest absolute Gasteiger partial charge is 0.448 e. The maximum atomic E-state index is 13.2. The fraction of sp³-hybridized carbons (Fsp3) is 0.462. The first-order chi connectivity index (χ1) is 10.7. The zero-order chi connectivity index (χ0) is 17.7. The summed E-state index contributed by atoms with van der Waals surface area (Å²) in [5.74, 6) is -1.76. The van der Waals surface area contributed by atoms with Crippen LogP contribution in [0, 0.1) is 6.92 Å². The van der Waals surface area contributed by atoms with Crippen LogP contribution in [-0.2, 0) is 14.3 Å². The SMILES string of the molecule is CCOC(=O)[C@](NC(=O)Nc1cc(C)ccn1)(OC)C(F)(F)F. The van der Waals surface area contributed by atoms with E-state index in [1.54, 1.807) is 13.0 Å². The van der Waals surface area contributed by atoms with Crippen LogP contribution in [0.15, 0.2) is 18.3 Å². The highest BCUT2D eigenvalue weighted by Crippen LogP contribution is 2.32. The Labute approximate surface area is 130 Å². The van der Waals surface area contributed by atoms with Crippen molar-refractivity contribution in [3.63, 3.8) is 0 Å². The summed E-state index contributed by atoms with van der Waals surface area (Å²) in [6.07, 6.45) is -3.87. The number of nitrogens with zero attached hydrogens (tertiary/aromatic N) is 1. The number of anilines is 1. The summed E-state index contributed by atoms with van der Waals surface area (Å²) in [5.41, 5.74) is -2.88. The highest BCUT2D eigenvalue weighted by atomic mass is 19.4. The molecular weight excluding hydrogens is 319 g/mol. The van der Waals surface area contributed by atoms with Crippen molar-refractivity contribution in [1.29, 1.82) is 0 Å². The second-order valence-electron chi connectivity index (χ2n) is 4.40. The van der Waals surface area contributed by atoms with E-state index in [0.717, 1.165) is 5.56 Å². The van der Waals surface area contributed by atoms with Gasteiger partial charge in [-0.1, -0.05) is 0 Å². The molecular formula is C13H16F3N3O4. The zero-order valence-electron chi connectivity index (χ0n) is 12.7. The summed E-state index contributed by atoms with van der Waals surface area (Å²) >= 11 is 0. The highest BCUT2D eigenvalue weighted by molar-refractivity contribution is 5.93. The molecule has 0 saturated heterocycles. The largest absolute Gasteiger partial charge is 0.462 e. The molecule has 1 heterocycles. The van der Waals surface area contributed by atoms with Crippen molar-refractivity contribution in [2.45, 2.75) is 25.7 Å². The number of alkyl halides is 3. The van der Waals surface area contributed by atoms with E-state index in [0.29, 0.717) is 7.11 Å². The molecule has 128 valence electrons. The van der Waals surface area contributed by atoms with Crippen LogP contribution in [0.2, 0.25) is 0 Å². The molecule has 0 fully saturated rings. The fourth-order valence-electron chi connectivity index (χ4n) is 1.63. The molecule has 0 saturated carbocycles. The number of aromatic nitrogens is 1. The summed E-state index contributed by atoms with van der Waals surface area (Å²) in [5, 5.41) is 3.55. The van der Waals surface area contributed by atoms with Crippen molar-refractivity contribution < 1.29 is 32.2 Å². The number of methoxy groups -OCH3 is 1. The van der Waals surface area contributed by atoms with Crippen molar-refractivity contribution in [2.24, 2.45) is 0 Å². The number of urea groups is 1. The van der Waals surface area contributed by atoms with E-state index < -0.39 is 23.9 Å².